The first-order chi connectivity index (χ1) is 12.6. The second kappa shape index (κ2) is 8.14. The molecule has 2 heterocycles. The summed E-state index contributed by atoms with van der Waals surface area (Å²) in [6.07, 6.45) is 2.06. The average Bonchev–Trinajstić information content (AvgIpc) is 3.02. The van der Waals surface area contributed by atoms with Crippen molar-refractivity contribution in [3.63, 3.8) is 0 Å². The molecule has 2 aromatic heterocycles. The fourth-order valence-corrected chi connectivity index (χ4v) is 3.31. The van der Waals surface area contributed by atoms with Gasteiger partial charge in [-0.25, -0.2) is 9.78 Å². The highest BCUT2D eigenvalue weighted by Crippen LogP contribution is 2.15. The Labute approximate surface area is 155 Å². The van der Waals surface area contributed by atoms with Crippen molar-refractivity contribution < 1.29 is 14.3 Å². The number of benzene rings is 1. The summed E-state index contributed by atoms with van der Waals surface area (Å²) in [7, 11) is 0. The van der Waals surface area contributed by atoms with Crippen LogP contribution in [-0.2, 0) is 11.3 Å². The van der Waals surface area contributed by atoms with E-state index in [9.17, 15) is 9.59 Å². The highest BCUT2D eigenvalue weighted by atomic mass is 32.1. The molecule has 26 heavy (non-hydrogen) atoms. The molecule has 0 N–H and O–H groups in total. The molecular weight excluding hydrogens is 352 g/mol. The Hall–Kier alpha value is -2.67. The summed E-state index contributed by atoms with van der Waals surface area (Å²) >= 11 is 1.38. The van der Waals surface area contributed by atoms with Crippen molar-refractivity contribution in [1.82, 2.24) is 9.38 Å². The van der Waals surface area contributed by atoms with Gasteiger partial charge in [0, 0.05) is 17.1 Å². The molecule has 6 nitrogen and oxygen atoms in total. The smallest absolute Gasteiger partial charge is 0.338 e. The van der Waals surface area contributed by atoms with Crippen molar-refractivity contribution in [2.45, 2.75) is 33.3 Å². The fourth-order valence-electron chi connectivity index (χ4n) is 2.42. The zero-order valence-electron chi connectivity index (χ0n) is 14.7. The Morgan fingerprint density at radius 3 is 2.77 bits per heavy atom. The second-order valence-corrected chi connectivity index (χ2v) is 6.72. The highest BCUT2D eigenvalue weighted by Gasteiger charge is 2.11. The van der Waals surface area contributed by atoms with E-state index in [1.54, 1.807) is 24.3 Å². The summed E-state index contributed by atoms with van der Waals surface area (Å²) in [5, 5.41) is 1.86. The Kier molecular flexibility index (Phi) is 5.68. The number of nitrogens with zero attached hydrogens (tertiary/aromatic N) is 2. The number of ether oxygens (including phenoxy) is 2. The van der Waals surface area contributed by atoms with E-state index >= 15 is 0 Å². The first kappa shape index (κ1) is 18.1. The van der Waals surface area contributed by atoms with Gasteiger partial charge >= 0.3 is 5.97 Å². The van der Waals surface area contributed by atoms with Gasteiger partial charge < -0.3 is 9.47 Å². The SMILES string of the molecule is CCCCOc1ccc(C(=O)OCc2cc(=O)n3c(C)csc3n2)cc1. The van der Waals surface area contributed by atoms with Crippen LogP contribution in [0.15, 0.2) is 40.5 Å². The first-order valence-corrected chi connectivity index (χ1v) is 9.33. The number of hydrogen-bond donors (Lipinski definition) is 0. The lowest BCUT2D eigenvalue weighted by molar-refractivity contribution is 0.0467. The molecule has 0 bridgehead atoms. The van der Waals surface area contributed by atoms with Crippen LogP contribution in [0.4, 0.5) is 0 Å². The lowest BCUT2D eigenvalue weighted by atomic mass is 10.2. The van der Waals surface area contributed by atoms with E-state index in [-0.39, 0.29) is 12.2 Å². The largest absolute Gasteiger partial charge is 0.494 e. The monoisotopic (exact) mass is 372 g/mol. The van der Waals surface area contributed by atoms with Crippen molar-refractivity contribution in [1.29, 1.82) is 0 Å². The van der Waals surface area contributed by atoms with Gasteiger partial charge in [-0.1, -0.05) is 13.3 Å². The molecule has 0 saturated carbocycles. The Bertz CT molecular complexity index is 960. The zero-order chi connectivity index (χ0) is 18.5. The van der Waals surface area contributed by atoms with Gasteiger partial charge in [0.05, 0.1) is 17.9 Å². The van der Waals surface area contributed by atoms with Crippen LogP contribution in [0.25, 0.3) is 4.96 Å². The van der Waals surface area contributed by atoms with Crippen LogP contribution in [0.1, 0.15) is 41.5 Å². The summed E-state index contributed by atoms with van der Waals surface area (Å²) in [5.74, 6) is 0.262. The molecule has 7 heteroatoms. The van der Waals surface area contributed by atoms with E-state index in [1.165, 1.54) is 21.8 Å². The molecule has 0 spiro atoms. The molecular formula is C19H20N2O4S. The predicted molar refractivity (Wildman–Crippen MR) is 100 cm³/mol. The number of unbranched alkanes of at least 4 members (excludes halogenated alkanes) is 1. The van der Waals surface area contributed by atoms with Crippen molar-refractivity contribution in [3.05, 3.63) is 63.0 Å². The maximum absolute atomic E-state index is 12.2. The van der Waals surface area contributed by atoms with Gasteiger partial charge in [0.15, 0.2) is 4.96 Å². The normalized spacial score (nSPS) is 10.8. The number of esters is 1. The number of aryl methyl sites for hydroxylation is 1. The number of fused-ring (bicyclic) bond motifs is 1. The minimum Gasteiger partial charge on any atom is -0.494 e. The van der Waals surface area contributed by atoms with Gasteiger partial charge in [-0.3, -0.25) is 9.20 Å². The van der Waals surface area contributed by atoms with Crippen LogP contribution in [0.3, 0.4) is 0 Å². The van der Waals surface area contributed by atoms with Gasteiger partial charge in [-0.2, -0.15) is 0 Å². The maximum atomic E-state index is 12.2. The number of hydrogen-bond acceptors (Lipinski definition) is 6. The lowest BCUT2D eigenvalue weighted by Gasteiger charge is -2.07. The van der Waals surface area contributed by atoms with E-state index in [0.717, 1.165) is 24.3 Å². The highest BCUT2D eigenvalue weighted by molar-refractivity contribution is 7.15. The molecule has 0 aliphatic rings. The van der Waals surface area contributed by atoms with E-state index in [1.807, 2.05) is 12.3 Å². The summed E-state index contributed by atoms with van der Waals surface area (Å²) in [6, 6.07) is 8.22. The van der Waals surface area contributed by atoms with Gasteiger partial charge in [-0.15, -0.1) is 11.3 Å². The molecule has 3 aromatic rings. The molecule has 3 rings (SSSR count). The minimum absolute atomic E-state index is 0.0454. The van der Waals surface area contributed by atoms with Crippen molar-refractivity contribution in [2.24, 2.45) is 0 Å². The average molecular weight is 372 g/mol. The van der Waals surface area contributed by atoms with Crippen LogP contribution < -0.4 is 10.3 Å². The molecule has 0 saturated heterocycles. The van der Waals surface area contributed by atoms with E-state index in [4.69, 9.17) is 9.47 Å². The van der Waals surface area contributed by atoms with Gasteiger partial charge in [0.1, 0.15) is 12.4 Å². The quantitative estimate of drug-likeness (QED) is 0.468. The summed E-state index contributed by atoms with van der Waals surface area (Å²) in [4.78, 5) is 29.2. The predicted octanol–water partition coefficient (Wildman–Crippen LogP) is 3.60. The third-order valence-corrected chi connectivity index (χ3v) is 4.78. The molecule has 0 aliphatic carbocycles. The van der Waals surface area contributed by atoms with E-state index < -0.39 is 5.97 Å². The summed E-state index contributed by atoms with van der Waals surface area (Å²) in [5.41, 5.74) is 1.53. The third kappa shape index (κ3) is 4.11. The topological polar surface area (TPSA) is 69.9 Å². The minimum atomic E-state index is -0.463. The molecule has 0 unspecified atom stereocenters. The number of rotatable bonds is 7. The van der Waals surface area contributed by atoms with E-state index in [2.05, 4.69) is 11.9 Å². The lowest BCUT2D eigenvalue weighted by Crippen LogP contribution is -2.16. The number of carbonyl (C=O) groups is 1. The first-order valence-electron chi connectivity index (χ1n) is 8.45. The maximum Gasteiger partial charge on any atom is 0.338 e. The van der Waals surface area contributed by atoms with E-state index in [0.29, 0.717) is 22.8 Å². The van der Waals surface area contributed by atoms with Crippen LogP contribution >= 0.6 is 11.3 Å². The van der Waals surface area contributed by atoms with Gasteiger partial charge in [0.2, 0.25) is 0 Å². The van der Waals surface area contributed by atoms with Gasteiger partial charge in [-0.05, 0) is 37.6 Å². The Morgan fingerprint density at radius 2 is 2.04 bits per heavy atom. The molecule has 0 fully saturated rings. The van der Waals surface area contributed by atoms with Crippen LogP contribution in [-0.4, -0.2) is 22.0 Å². The van der Waals surface area contributed by atoms with Crippen molar-refractivity contribution in [2.75, 3.05) is 6.61 Å². The third-order valence-electron chi connectivity index (χ3n) is 3.84. The fraction of sp³-hybridized carbons (Fsp3) is 0.316. The number of carbonyl (C=O) groups excluding carboxylic acids is 1. The van der Waals surface area contributed by atoms with Crippen LogP contribution in [0, 0.1) is 6.92 Å². The standard InChI is InChI=1S/C19H20N2O4S/c1-3-4-9-24-16-7-5-14(6-8-16)18(23)25-11-15-10-17(22)21-13(2)12-26-19(21)20-15/h5-8,10,12H,3-4,9,11H2,1-2H3. The molecule has 0 amide bonds. The molecule has 1 aromatic carbocycles. The van der Waals surface area contributed by atoms with Crippen molar-refractivity contribution in [3.8, 4) is 5.75 Å². The zero-order valence-corrected chi connectivity index (χ0v) is 15.5. The Morgan fingerprint density at radius 1 is 1.27 bits per heavy atom. The number of aromatic nitrogens is 2. The van der Waals surface area contributed by atoms with Crippen molar-refractivity contribution >= 4 is 22.3 Å². The summed E-state index contributed by atoms with van der Waals surface area (Å²) < 4.78 is 12.4. The van der Waals surface area contributed by atoms with Gasteiger partial charge in [0.25, 0.3) is 5.56 Å². The Balaban J connectivity index is 1.62. The molecule has 136 valence electrons. The number of thiazole rings is 1. The second-order valence-electron chi connectivity index (χ2n) is 5.88. The van der Waals surface area contributed by atoms with Crippen LogP contribution in [0.2, 0.25) is 0 Å². The van der Waals surface area contributed by atoms with Crippen LogP contribution in [0.5, 0.6) is 5.75 Å². The summed E-state index contributed by atoms with van der Waals surface area (Å²) in [6.45, 7) is 4.56. The molecule has 0 aliphatic heterocycles. The molecule has 0 atom stereocenters. The molecule has 0 radical (unpaired) electrons.